The van der Waals surface area contributed by atoms with E-state index < -0.39 is 0 Å². The van der Waals surface area contributed by atoms with E-state index in [-0.39, 0.29) is 12.4 Å². The predicted molar refractivity (Wildman–Crippen MR) is 68.2 cm³/mol. The first kappa shape index (κ1) is 12.2. The van der Waals surface area contributed by atoms with Crippen LogP contribution in [0.1, 0.15) is 31.2 Å². The number of hydrogen-bond acceptors (Lipinski definition) is 2. The maximum atomic E-state index is 5.83. The molecule has 0 amide bonds. The molecule has 2 nitrogen and oxygen atoms in total. The van der Waals surface area contributed by atoms with Gasteiger partial charge in [0.2, 0.25) is 0 Å². The van der Waals surface area contributed by atoms with Crippen molar-refractivity contribution >= 4 is 24.0 Å². The molecule has 0 saturated carbocycles. The Morgan fingerprint density at radius 2 is 1.88 bits per heavy atom. The van der Waals surface area contributed by atoms with Gasteiger partial charge in [-0.05, 0) is 50.4 Å². The highest BCUT2D eigenvalue weighted by Gasteiger charge is 2.45. The Labute approximate surface area is 107 Å². The van der Waals surface area contributed by atoms with E-state index in [1.165, 1.54) is 44.3 Å². The van der Waals surface area contributed by atoms with Gasteiger partial charge >= 0.3 is 0 Å². The van der Waals surface area contributed by atoms with Crippen LogP contribution in [0.4, 0.5) is 0 Å². The zero-order valence-electron chi connectivity index (χ0n) is 9.16. The number of fused-ring (bicyclic) bond motifs is 1. The van der Waals surface area contributed by atoms with Gasteiger partial charge in [-0.2, -0.15) is 0 Å². The number of aromatic nitrogens is 1. The van der Waals surface area contributed by atoms with E-state index in [4.69, 9.17) is 11.6 Å². The van der Waals surface area contributed by atoms with E-state index >= 15 is 0 Å². The summed E-state index contributed by atoms with van der Waals surface area (Å²) >= 11 is 5.83. The fraction of sp³-hybridized carbons (Fsp3) is 0.583. The van der Waals surface area contributed by atoms with Gasteiger partial charge in [0.1, 0.15) is 5.15 Å². The van der Waals surface area contributed by atoms with Gasteiger partial charge in [0.05, 0.1) is 0 Å². The molecule has 0 atom stereocenters. The maximum absolute atomic E-state index is 5.83. The standard InChI is InChI=1S/C12H15ClN2.ClH/c13-11-4-3-10(9-14-11)12-5-1-7-15(12)8-2-6-12;/h3-4,9H,1-2,5-8H2;1H. The maximum Gasteiger partial charge on any atom is 0.129 e. The van der Waals surface area contributed by atoms with Crippen molar-refractivity contribution < 1.29 is 0 Å². The van der Waals surface area contributed by atoms with Gasteiger partial charge < -0.3 is 0 Å². The number of rotatable bonds is 1. The highest BCUT2D eigenvalue weighted by molar-refractivity contribution is 6.29. The first-order valence-corrected chi connectivity index (χ1v) is 6.06. The largest absolute Gasteiger partial charge is 0.294 e. The summed E-state index contributed by atoms with van der Waals surface area (Å²) in [4.78, 5) is 6.84. The van der Waals surface area contributed by atoms with Crippen molar-refractivity contribution in [2.45, 2.75) is 31.2 Å². The van der Waals surface area contributed by atoms with Crippen LogP contribution in [0.5, 0.6) is 0 Å². The third-order valence-corrected chi connectivity index (χ3v) is 4.13. The van der Waals surface area contributed by atoms with Crippen molar-refractivity contribution in [2.24, 2.45) is 0 Å². The first-order valence-electron chi connectivity index (χ1n) is 5.68. The second-order valence-electron chi connectivity index (χ2n) is 4.60. The molecule has 0 aliphatic carbocycles. The Balaban J connectivity index is 0.000000963. The lowest BCUT2D eigenvalue weighted by atomic mass is 9.87. The zero-order chi connectivity index (χ0) is 10.3. The Hall–Kier alpha value is -0.310. The Morgan fingerprint density at radius 1 is 1.19 bits per heavy atom. The summed E-state index contributed by atoms with van der Waals surface area (Å²) in [6.07, 6.45) is 7.18. The predicted octanol–water partition coefficient (Wildman–Crippen LogP) is 3.24. The quantitative estimate of drug-likeness (QED) is 0.720. The van der Waals surface area contributed by atoms with Crippen LogP contribution in [-0.4, -0.2) is 23.0 Å². The summed E-state index contributed by atoms with van der Waals surface area (Å²) in [5.41, 5.74) is 1.67. The Bertz CT molecular complexity index is 354. The van der Waals surface area contributed by atoms with Crippen LogP contribution in [0.15, 0.2) is 18.3 Å². The monoisotopic (exact) mass is 258 g/mol. The normalized spacial score (nSPS) is 22.8. The molecular formula is C12H16Cl2N2. The molecule has 2 saturated heterocycles. The van der Waals surface area contributed by atoms with Crippen molar-refractivity contribution in [3.8, 4) is 0 Å². The molecule has 1 aromatic heterocycles. The number of hydrogen-bond donors (Lipinski definition) is 0. The lowest BCUT2D eigenvalue weighted by Crippen LogP contribution is -2.35. The molecule has 3 heterocycles. The van der Waals surface area contributed by atoms with Gasteiger partial charge in [0.15, 0.2) is 0 Å². The summed E-state index contributed by atoms with van der Waals surface area (Å²) in [6.45, 7) is 2.51. The molecule has 0 spiro atoms. The SMILES string of the molecule is Cl.Clc1ccc(C23CCCN2CCC3)cn1. The Morgan fingerprint density at radius 3 is 2.44 bits per heavy atom. The summed E-state index contributed by atoms with van der Waals surface area (Å²) in [5, 5.41) is 0.595. The van der Waals surface area contributed by atoms with E-state index in [9.17, 15) is 0 Å². The van der Waals surface area contributed by atoms with Crippen LogP contribution in [0.25, 0.3) is 0 Å². The topological polar surface area (TPSA) is 16.1 Å². The minimum atomic E-state index is 0. The minimum Gasteiger partial charge on any atom is -0.294 e. The van der Waals surface area contributed by atoms with E-state index in [0.717, 1.165) is 0 Å². The molecule has 2 aliphatic rings. The van der Waals surface area contributed by atoms with Gasteiger partial charge in [0.25, 0.3) is 0 Å². The van der Waals surface area contributed by atoms with Crippen molar-refractivity contribution in [3.05, 3.63) is 29.0 Å². The van der Waals surface area contributed by atoms with Crippen LogP contribution >= 0.6 is 24.0 Å². The third-order valence-electron chi connectivity index (χ3n) is 3.91. The van der Waals surface area contributed by atoms with Crippen LogP contribution in [-0.2, 0) is 5.54 Å². The molecule has 4 heteroatoms. The zero-order valence-corrected chi connectivity index (χ0v) is 10.7. The van der Waals surface area contributed by atoms with E-state index in [1.54, 1.807) is 0 Å². The average Bonchev–Trinajstić information content (AvgIpc) is 2.77. The number of halogens is 2. The summed E-state index contributed by atoms with van der Waals surface area (Å²) in [7, 11) is 0. The molecule has 16 heavy (non-hydrogen) atoms. The lowest BCUT2D eigenvalue weighted by molar-refractivity contribution is 0.197. The van der Waals surface area contributed by atoms with E-state index in [1.807, 2.05) is 12.3 Å². The molecule has 3 rings (SSSR count). The molecule has 0 bridgehead atoms. The molecule has 2 aliphatic heterocycles. The average molecular weight is 259 g/mol. The van der Waals surface area contributed by atoms with Crippen molar-refractivity contribution in [1.29, 1.82) is 0 Å². The summed E-state index contributed by atoms with van der Waals surface area (Å²) in [6, 6.07) is 4.07. The fourth-order valence-corrected chi connectivity index (χ4v) is 3.34. The number of nitrogens with zero attached hydrogens (tertiary/aromatic N) is 2. The van der Waals surface area contributed by atoms with Gasteiger partial charge in [-0.25, -0.2) is 4.98 Å². The number of pyridine rings is 1. The smallest absolute Gasteiger partial charge is 0.129 e. The van der Waals surface area contributed by atoms with Crippen LogP contribution in [0, 0.1) is 0 Å². The molecule has 1 aromatic rings. The van der Waals surface area contributed by atoms with Crippen molar-refractivity contribution in [3.63, 3.8) is 0 Å². The van der Waals surface area contributed by atoms with E-state index in [0.29, 0.717) is 10.7 Å². The second-order valence-corrected chi connectivity index (χ2v) is 4.98. The highest BCUT2D eigenvalue weighted by Crippen LogP contribution is 2.46. The van der Waals surface area contributed by atoms with Crippen LogP contribution in [0.2, 0.25) is 5.15 Å². The first-order chi connectivity index (χ1) is 7.31. The van der Waals surface area contributed by atoms with Crippen molar-refractivity contribution in [2.75, 3.05) is 13.1 Å². The summed E-state index contributed by atoms with van der Waals surface area (Å²) < 4.78 is 0. The lowest BCUT2D eigenvalue weighted by Gasteiger charge is -2.32. The Kier molecular flexibility index (Phi) is 3.43. The van der Waals surface area contributed by atoms with Crippen molar-refractivity contribution in [1.82, 2.24) is 9.88 Å². The van der Waals surface area contributed by atoms with Gasteiger partial charge in [0, 0.05) is 11.7 Å². The molecule has 0 radical (unpaired) electrons. The van der Waals surface area contributed by atoms with Gasteiger partial charge in [-0.3, -0.25) is 4.90 Å². The third kappa shape index (κ3) is 1.73. The fourth-order valence-electron chi connectivity index (χ4n) is 3.23. The minimum absolute atomic E-state index is 0. The molecule has 0 unspecified atom stereocenters. The van der Waals surface area contributed by atoms with Gasteiger partial charge in [-0.15, -0.1) is 12.4 Å². The molecule has 0 N–H and O–H groups in total. The van der Waals surface area contributed by atoms with Crippen LogP contribution < -0.4 is 0 Å². The second kappa shape index (κ2) is 4.52. The highest BCUT2D eigenvalue weighted by atomic mass is 35.5. The summed E-state index contributed by atoms with van der Waals surface area (Å²) in [5.74, 6) is 0. The van der Waals surface area contributed by atoms with Crippen LogP contribution in [0.3, 0.4) is 0 Å². The van der Waals surface area contributed by atoms with Gasteiger partial charge in [-0.1, -0.05) is 17.7 Å². The van der Waals surface area contributed by atoms with E-state index in [2.05, 4.69) is 16.0 Å². The molecular weight excluding hydrogens is 243 g/mol. The molecule has 88 valence electrons. The molecule has 0 aromatic carbocycles. The molecule has 2 fully saturated rings.